The standard InChI is InChI=1S/C27H40F3N5O4/c1-5-33(14-18-6-8-19(9-7-18)27(28,29)30)22-20-10-12-35(23(20)32-17-31-22)16-26(38)11-13-34(15-21(26)36)24(37)39-25(2,3)4/h10,12,17-19,21,36,38H,5-9,11,13-16H2,1-4H3/t18?,19?,21-,26-/m1/s1. The minimum Gasteiger partial charge on any atom is -0.444 e. The molecule has 2 aromatic rings. The molecule has 1 amide bonds. The van der Waals surface area contributed by atoms with Crippen LogP contribution in [0, 0.1) is 11.8 Å². The summed E-state index contributed by atoms with van der Waals surface area (Å²) in [5, 5.41) is 22.9. The number of likely N-dealkylation sites (tertiary alicyclic amines) is 1. The molecule has 2 aromatic heterocycles. The normalized spacial score (nSPS) is 26.6. The summed E-state index contributed by atoms with van der Waals surface area (Å²) in [4.78, 5) is 24.8. The molecule has 4 rings (SSSR count). The number of carbonyl (C=O) groups is 1. The van der Waals surface area contributed by atoms with Gasteiger partial charge in [-0.05, 0) is 71.8 Å². The minimum atomic E-state index is -4.12. The van der Waals surface area contributed by atoms with Gasteiger partial charge in [-0.25, -0.2) is 14.8 Å². The third kappa shape index (κ3) is 6.77. The van der Waals surface area contributed by atoms with Gasteiger partial charge in [-0.2, -0.15) is 13.2 Å². The number of rotatable bonds is 6. The number of hydrogen-bond donors (Lipinski definition) is 2. The molecule has 0 radical (unpaired) electrons. The summed E-state index contributed by atoms with van der Waals surface area (Å²) in [6.07, 6.45) is -1.06. The Kier molecular flexibility index (Phi) is 8.37. The smallest absolute Gasteiger partial charge is 0.410 e. The Morgan fingerprint density at radius 3 is 2.49 bits per heavy atom. The molecule has 1 aliphatic carbocycles. The topological polar surface area (TPSA) is 104 Å². The Morgan fingerprint density at radius 2 is 1.90 bits per heavy atom. The summed E-state index contributed by atoms with van der Waals surface area (Å²) in [5.41, 5.74) is -1.54. The Morgan fingerprint density at radius 1 is 1.21 bits per heavy atom. The minimum absolute atomic E-state index is 0.0506. The van der Waals surface area contributed by atoms with Gasteiger partial charge in [-0.15, -0.1) is 0 Å². The van der Waals surface area contributed by atoms with E-state index in [4.69, 9.17) is 4.74 Å². The summed E-state index contributed by atoms with van der Waals surface area (Å²) in [7, 11) is 0. The van der Waals surface area contributed by atoms with Crippen molar-refractivity contribution in [2.45, 2.75) is 89.8 Å². The number of fused-ring (bicyclic) bond motifs is 1. The summed E-state index contributed by atoms with van der Waals surface area (Å²) in [6.45, 7) is 8.81. The average molecular weight is 556 g/mol. The van der Waals surface area contributed by atoms with Gasteiger partial charge in [0.05, 0.1) is 24.4 Å². The molecule has 0 aromatic carbocycles. The van der Waals surface area contributed by atoms with Gasteiger partial charge in [0.1, 0.15) is 35.1 Å². The highest BCUT2D eigenvalue weighted by Gasteiger charge is 2.44. The van der Waals surface area contributed by atoms with Crippen LogP contribution in [0.3, 0.4) is 0 Å². The quantitative estimate of drug-likeness (QED) is 0.546. The third-order valence-electron chi connectivity index (χ3n) is 7.93. The number of alkyl halides is 3. The van der Waals surface area contributed by atoms with Gasteiger partial charge in [-0.1, -0.05) is 0 Å². The van der Waals surface area contributed by atoms with Crippen LogP contribution < -0.4 is 4.90 Å². The molecule has 2 N–H and O–H groups in total. The van der Waals surface area contributed by atoms with Crippen LogP contribution in [0.15, 0.2) is 18.6 Å². The number of anilines is 1. The number of aliphatic hydroxyl groups is 2. The summed E-state index contributed by atoms with van der Waals surface area (Å²) in [6, 6.07) is 1.86. The van der Waals surface area contributed by atoms with Crippen LogP contribution in [0.1, 0.15) is 59.8 Å². The van der Waals surface area contributed by atoms with Gasteiger partial charge < -0.3 is 29.3 Å². The van der Waals surface area contributed by atoms with E-state index in [1.54, 1.807) is 31.5 Å². The molecule has 2 atom stereocenters. The molecule has 2 aliphatic rings. The first-order chi connectivity index (χ1) is 18.2. The molecule has 3 heterocycles. The first-order valence-corrected chi connectivity index (χ1v) is 13.7. The Hall–Kier alpha value is -2.60. The van der Waals surface area contributed by atoms with Crippen molar-refractivity contribution in [2.24, 2.45) is 11.8 Å². The maximum Gasteiger partial charge on any atom is 0.410 e. The van der Waals surface area contributed by atoms with E-state index in [2.05, 4.69) is 14.9 Å². The van der Waals surface area contributed by atoms with E-state index in [1.807, 2.05) is 13.0 Å². The van der Waals surface area contributed by atoms with Crippen molar-refractivity contribution in [1.82, 2.24) is 19.4 Å². The van der Waals surface area contributed by atoms with E-state index in [0.717, 1.165) is 5.39 Å². The van der Waals surface area contributed by atoms with E-state index in [-0.39, 0.29) is 44.8 Å². The molecule has 1 saturated heterocycles. The van der Waals surface area contributed by atoms with Crippen LogP contribution in [0.25, 0.3) is 11.0 Å². The lowest BCUT2D eigenvalue weighted by Gasteiger charge is -2.42. The first kappa shape index (κ1) is 29.4. The van der Waals surface area contributed by atoms with Crippen LogP contribution in [-0.2, 0) is 11.3 Å². The molecule has 1 aliphatic heterocycles. The highest BCUT2D eigenvalue weighted by molar-refractivity contribution is 5.87. The Balaban J connectivity index is 1.45. The van der Waals surface area contributed by atoms with Gasteiger partial charge in [-0.3, -0.25) is 0 Å². The van der Waals surface area contributed by atoms with Gasteiger partial charge in [0.25, 0.3) is 0 Å². The Labute approximate surface area is 227 Å². The zero-order valence-corrected chi connectivity index (χ0v) is 23.1. The maximum atomic E-state index is 13.1. The number of aliphatic hydroxyl groups excluding tert-OH is 1. The van der Waals surface area contributed by atoms with Crippen LogP contribution in [-0.4, -0.2) is 85.4 Å². The predicted octanol–water partition coefficient (Wildman–Crippen LogP) is 4.36. The van der Waals surface area contributed by atoms with Crippen LogP contribution >= 0.6 is 0 Å². The van der Waals surface area contributed by atoms with E-state index in [1.165, 1.54) is 11.2 Å². The van der Waals surface area contributed by atoms with Crippen molar-refractivity contribution in [3.05, 3.63) is 18.6 Å². The number of carbonyl (C=O) groups excluding carboxylic acids is 1. The third-order valence-corrected chi connectivity index (χ3v) is 7.93. The fraction of sp³-hybridized carbons (Fsp3) is 0.741. The van der Waals surface area contributed by atoms with Crippen molar-refractivity contribution in [2.75, 3.05) is 31.1 Å². The number of hydrogen-bond acceptors (Lipinski definition) is 7. The van der Waals surface area contributed by atoms with Crippen LogP contribution in [0.2, 0.25) is 0 Å². The number of β-amino-alcohol motifs (C(OH)–C–C–N with tert-alkyl or cyclic N) is 1. The monoisotopic (exact) mass is 555 g/mol. The molecule has 0 bridgehead atoms. The van der Waals surface area contributed by atoms with E-state index in [9.17, 15) is 28.2 Å². The van der Waals surface area contributed by atoms with Gasteiger partial charge in [0.15, 0.2) is 0 Å². The van der Waals surface area contributed by atoms with Gasteiger partial charge in [0, 0.05) is 25.8 Å². The molecule has 0 spiro atoms. The predicted molar refractivity (Wildman–Crippen MR) is 140 cm³/mol. The van der Waals surface area contributed by atoms with Crippen molar-refractivity contribution in [3.8, 4) is 0 Å². The average Bonchev–Trinajstić information content (AvgIpc) is 3.25. The number of piperidine rings is 1. The zero-order chi connectivity index (χ0) is 28.6. The fourth-order valence-electron chi connectivity index (χ4n) is 5.66. The fourth-order valence-corrected chi connectivity index (χ4v) is 5.66. The number of aromatic nitrogens is 3. The van der Waals surface area contributed by atoms with E-state index < -0.39 is 35.5 Å². The molecule has 0 unspecified atom stereocenters. The number of nitrogens with zero attached hydrogens (tertiary/aromatic N) is 5. The maximum absolute atomic E-state index is 13.1. The second-order valence-electron chi connectivity index (χ2n) is 12.0. The van der Waals surface area contributed by atoms with Gasteiger partial charge >= 0.3 is 12.3 Å². The van der Waals surface area contributed by atoms with Crippen molar-refractivity contribution in [3.63, 3.8) is 0 Å². The molecular weight excluding hydrogens is 515 g/mol. The van der Waals surface area contributed by atoms with Crippen LogP contribution in [0.4, 0.5) is 23.8 Å². The summed E-state index contributed by atoms with van der Waals surface area (Å²) >= 11 is 0. The molecule has 12 heteroatoms. The highest BCUT2D eigenvalue weighted by Crippen LogP contribution is 2.40. The number of amides is 1. The summed E-state index contributed by atoms with van der Waals surface area (Å²) < 4.78 is 46.4. The zero-order valence-electron chi connectivity index (χ0n) is 23.1. The molecule has 9 nitrogen and oxygen atoms in total. The SMILES string of the molecule is CCN(CC1CCC(C(F)(F)F)CC1)c1ncnc2c1ccn2C[C@]1(O)CCN(C(=O)OC(C)(C)C)C[C@H]1O. The number of halogens is 3. The summed E-state index contributed by atoms with van der Waals surface area (Å²) in [5.74, 6) is -0.353. The molecule has 2 fully saturated rings. The second-order valence-corrected chi connectivity index (χ2v) is 12.0. The first-order valence-electron chi connectivity index (χ1n) is 13.7. The largest absolute Gasteiger partial charge is 0.444 e. The van der Waals surface area contributed by atoms with Crippen molar-refractivity contribution >= 4 is 22.9 Å². The molecule has 1 saturated carbocycles. The second kappa shape index (κ2) is 11.1. The van der Waals surface area contributed by atoms with E-state index >= 15 is 0 Å². The molecule has 218 valence electrons. The van der Waals surface area contributed by atoms with E-state index in [0.29, 0.717) is 37.4 Å². The lowest BCUT2D eigenvalue weighted by Crippen LogP contribution is -2.59. The molecular formula is C27H40F3N5O4. The van der Waals surface area contributed by atoms with Crippen molar-refractivity contribution in [1.29, 1.82) is 0 Å². The van der Waals surface area contributed by atoms with Gasteiger partial charge in [0.2, 0.25) is 0 Å². The van der Waals surface area contributed by atoms with Crippen molar-refractivity contribution < 1.29 is 32.9 Å². The number of ether oxygens (including phenoxy) is 1. The van der Waals surface area contributed by atoms with Crippen LogP contribution in [0.5, 0.6) is 0 Å². The Bertz CT molecular complexity index is 1140. The molecule has 39 heavy (non-hydrogen) atoms. The highest BCUT2D eigenvalue weighted by atomic mass is 19.4. The lowest BCUT2D eigenvalue weighted by molar-refractivity contribution is -0.183. The lowest BCUT2D eigenvalue weighted by atomic mass is 9.81.